The standard InChI is InChI=1S/C21H15ClF2N2O3/c1-3-29-21(27)20-18(22)17(11-6-7-16(28-2)15(24)8-11)19(26-20)12-4-5-13(10-25)14(23)9-12/h4-9,17H,3H2,1-2H3. The highest BCUT2D eigenvalue weighted by Gasteiger charge is 2.35. The molecule has 1 atom stereocenters. The fourth-order valence-electron chi connectivity index (χ4n) is 3.00. The SMILES string of the molecule is CCOC(=O)C1=C(Cl)C(c2ccc(OC)c(F)c2)C(c2ccc(C#N)c(F)c2)=N1. The van der Waals surface area contributed by atoms with Crippen LogP contribution in [0.5, 0.6) is 5.75 Å². The van der Waals surface area contributed by atoms with Gasteiger partial charge in [-0.15, -0.1) is 0 Å². The summed E-state index contributed by atoms with van der Waals surface area (Å²) in [6, 6.07) is 9.88. The van der Waals surface area contributed by atoms with Crippen LogP contribution in [-0.2, 0) is 9.53 Å². The number of hydrogen-bond donors (Lipinski definition) is 0. The van der Waals surface area contributed by atoms with E-state index in [4.69, 9.17) is 26.3 Å². The van der Waals surface area contributed by atoms with Gasteiger partial charge in [-0.1, -0.05) is 23.7 Å². The minimum atomic E-state index is -0.816. The lowest BCUT2D eigenvalue weighted by molar-refractivity contribution is -0.138. The summed E-state index contributed by atoms with van der Waals surface area (Å²) in [6.07, 6.45) is 0. The number of allylic oxidation sites excluding steroid dienone is 1. The van der Waals surface area contributed by atoms with E-state index in [-0.39, 0.29) is 34.4 Å². The predicted molar refractivity (Wildman–Crippen MR) is 103 cm³/mol. The van der Waals surface area contributed by atoms with Gasteiger partial charge in [-0.25, -0.2) is 18.6 Å². The van der Waals surface area contributed by atoms with Crippen LogP contribution >= 0.6 is 11.6 Å². The molecule has 0 spiro atoms. The number of ether oxygens (including phenoxy) is 2. The molecule has 2 aromatic carbocycles. The molecule has 0 aromatic heterocycles. The van der Waals surface area contributed by atoms with Gasteiger partial charge in [0.25, 0.3) is 0 Å². The molecule has 0 bridgehead atoms. The molecule has 0 saturated heterocycles. The summed E-state index contributed by atoms with van der Waals surface area (Å²) >= 11 is 6.44. The fourth-order valence-corrected chi connectivity index (χ4v) is 3.35. The van der Waals surface area contributed by atoms with Crippen molar-refractivity contribution in [3.63, 3.8) is 0 Å². The Morgan fingerprint density at radius 2 is 2.00 bits per heavy atom. The van der Waals surface area contributed by atoms with E-state index < -0.39 is 23.5 Å². The quantitative estimate of drug-likeness (QED) is 0.675. The number of carbonyl (C=O) groups excluding carboxylic acids is 1. The number of nitrogens with zero attached hydrogens (tertiary/aromatic N) is 2. The van der Waals surface area contributed by atoms with E-state index in [9.17, 15) is 13.6 Å². The van der Waals surface area contributed by atoms with Crippen molar-refractivity contribution >= 4 is 23.3 Å². The van der Waals surface area contributed by atoms with Crippen molar-refractivity contribution in [3.05, 3.63) is 75.5 Å². The van der Waals surface area contributed by atoms with Crippen LogP contribution in [0.4, 0.5) is 8.78 Å². The molecule has 3 rings (SSSR count). The van der Waals surface area contributed by atoms with Crippen molar-refractivity contribution in [3.8, 4) is 11.8 Å². The monoisotopic (exact) mass is 416 g/mol. The molecule has 5 nitrogen and oxygen atoms in total. The zero-order chi connectivity index (χ0) is 21.1. The zero-order valence-corrected chi connectivity index (χ0v) is 16.3. The molecular formula is C21H15ClF2N2O3. The average Bonchev–Trinajstić information content (AvgIpc) is 3.05. The van der Waals surface area contributed by atoms with E-state index in [0.717, 1.165) is 6.07 Å². The second-order valence-corrected chi connectivity index (χ2v) is 6.45. The van der Waals surface area contributed by atoms with Crippen LogP contribution in [-0.4, -0.2) is 25.4 Å². The summed E-state index contributed by atoms with van der Waals surface area (Å²) in [5.74, 6) is -2.87. The van der Waals surface area contributed by atoms with Crippen molar-refractivity contribution in [2.45, 2.75) is 12.8 Å². The maximum absolute atomic E-state index is 14.3. The molecule has 1 heterocycles. The van der Waals surface area contributed by atoms with Crippen molar-refractivity contribution < 1.29 is 23.0 Å². The normalized spacial score (nSPS) is 15.7. The van der Waals surface area contributed by atoms with Gasteiger partial charge in [0.05, 0.1) is 35.9 Å². The van der Waals surface area contributed by atoms with Crippen LogP contribution in [0.2, 0.25) is 0 Å². The average molecular weight is 417 g/mol. The lowest BCUT2D eigenvalue weighted by Crippen LogP contribution is -2.12. The molecule has 0 aliphatic carbocycles. The third-order valence-electron chi connectivity index (χ3n) is 4.35. The Labute approximate surface area is 170 Å². The van der Waals surface area contributed by atoms with E-state index in [0.29, 0.717) is 11.1 Å². The molecule has 0 saturated carbocycles. The van der Waals surface area contributed by atoms with Crippen LogP contribution in [0.15, 0.2) is 52.1 Å². The van der Waals surface area contributed by atoms with Gasteiger partial charge in [-0.3, -0.25) is 0 Å². The Morgan fingerprint density at radius 1 is 1.24 bits per heavy atom. The molecule has 0 amide bonds. The van der Waals surface area contributed by atoms with Gasteiger partial charge in [-0.05, 0) is 42.3 Å². The van der Waals surface area contributed by atoms with E-state index in [1.165, 1.54) is 31.4 Å². The van der Waals surface area contributed by atoms with Gasteiger partial charge in [0.15, 0.2) is 17.3 Å². The molecule has 0 N–H and O–H groups in total. The van der Waals surface area contributed by atoms with Gasteiger partial charge < -0.3 is 9.47 Å². The minimum Gasteiger partial charge on any atom is -0.494 e. The Hall–Kier alpha value is -3.24. The van der Waals surface area contributed by atoms with Gasteiger partial charge in [-0.2, -0.15) is 5.26 Å². The molecule has 1 aliphatic heterocycles. The van der Waals surface area contributed by atoms with Crippen LogP contribution in [0.3, 0.4) is 0 Å². The van der Waals surface area contributed by atoms with Crippen molar-refractivity contribution in [2.75, 3.05) is 13.7 Å². The summed E-state index contributed by atoms with van der Waals surface area (Å²) < 4.78 is 38.4. The first-order valence-electron chi connectivity index (χ1n) is 8.60. The summed E-state index contributed by atoms with van der Waals surface area (Å²) in [6.45, 7) is 1.75. The van der Waals surface area contributed by atoms with Crippen LogP contribution in [0.25, 0.3) is 0 Å². The molecule has 1 unspecified atom stereocenters. The van der Waals surface area contributed by atoms with Gasteiger partial charge >= 0.3 is 5.97 Å². The van der Waals surface area contributed by atoms with E-state index >= 15 is 0 Å². The number of carbonyl (C=O) groups is 1. The lowest BCUT2D eigenvalue weighted by Gasteiger charge is -2.16. The van der Waals surface area contributed by atoms with Gasteiger partial charge in [0, 0.05) is 0 Å². The first kappa shape index (κ1) is 20.5. The maximum atomic E-state index is 14.3. The molecule has 0 radical (unpaired) electrons. The Kier molecular flexibility index (Phi) is 5.95. The fraction of sp³-hybridized carbons (Fsp3) is 0.190. The topological polar surface area (TPSA) is 71.7 Å². The second-order valence-electron chi connectivity index (χ2n) is 6.05. The molecule has 8 heteroatoms. The number of hydrogen-bond acceptors (Lipinski definition) is 5. The highest BCUT2D eigenvalue weighted by molar-refractivity contribution is 6.37. The van der Waals surface area contributed by atoms with Crippen molar-refractivity contribution in [1.29, 1.82) is 5.26 Å². The Balaban J connectivity index is 2.15. The zero-order valence-electron chi connectivity index (χ0n) is 15.5. The number of benzene rings is 2. The summed E-state index contributed by atoms with van der Waals surface area (Å²) in [7, 11) is 1.34. The number of nitriles is 1. The molecule has 29 heavy (non-hydrogen) atoms. The first-order valence-corrected chi connectivity index (χ1v) is 8.97. The van der Waals surface area contributed by atoms with Crippen LogP contribution in [0.1, 0.15) is 29.5 Å². The molecular weight excluding hydrogens is 402 g/mol. The Morgan fingerprint density at radius 3 is 2.59 bits per heavy atom. The Bertz CT molecular complexity index is 1090. The first-order chi connectivity index (χ1) is 13.9. The number of halogens is 3. The van der Waals surface area contributed by atoms with E-state index in [2.05, 4.69) is 4.99 Å². The number of rotatable bonds is 5. The van der Waals surface area contributed by atoms with Crippen molar-refractivity contribution in [2.24, 2.45) is 4.99 Å². The highest BCUT2D eigenvalue weighted by Crippen LogP contribution is 2.41. The maximum Gasteiger partial charge on any atom is 0.358 e. The van der Waals surface area contributed by atoms with E-state index in [1.54, 1.807) is 19.1 Å². The summed E-state index contributed by atoms with van der Waals surface area (Å²) in [5, 5.41) is 8.97. The number of aliphatic imine (C=N–C) groups is 1. The number of methoxy groups -OCH3 is 1. The summed E-state index contributed by atoms with van der Waals surface area (Å²) in [4.78, 5) is 16.5. The largest absolute Gasteiger partial charge is 0.494 e. The third kappa shape index (κ3) is 3.84. The van der Waals surface area contributed by atoms with Gasteiger partial charge in [0.1, 0.15) is 11.9 Å². The number of esters is 1. The molecule has 148 valence electrons. The minimum absolute atomic E-state index is 0.0350. The summed E-state index contributed by atoms with van der Waals surface area (Å²) in [5.41, 5.74) is 0.681. The van der Waals surface area contributed by atoms with Crippen molar-refractivity contribution in [1.82, 2.24) is 0 Å². The highest BCUT2D eigenvalue weighted by atomic mass is 35.5. The molecule has 2 aromatic rings. The predicted octanol–water partition coefficient (Wildman–Crippen LogP) is 4.45. The smallest absolute Gasteiger partial charge is 0.358 e. The van der Waals surface area contributed by atoms with Gasteiger partial charge in [0.2, 0.25) is 0 Å². The van der Waals surface area contributed by atoms with E-state index in [1.807, 2.05) is 0 Å². The molecule has 0 fully saturated rings. The lowest BCUT2D eigenvalue weighted by atomic mass is 9.90. The molecule has 1 aliphatic rings. The van der Waals surface area contributed by atoms with Crippen LogP contribution < -0.4 is 4.74 Å². The second kappa shape index (κ2) is 8.41. The third-order valence-corrected chi connectivity index (χ3v) is 4.75. The van der Waals surface area contributed by atoms with Crippen LogP contribution in [0, 0.1) is 23.0 Å².